The Bertz CT molecular complexity index is 537. The molecule has 0 unspecified atom stereocenters. The van der Waals surface area contributed by atoms with Crippen molar-refractivity contribution in [2.45, 2.75) is 6.92 Å². The van der Waals surface area contributed by atoms with Gasteiger partial charge in [0.1, 0.15) is 5.82 Å². The fourth-order valence-corrected chi connectivity index (χ4v) is 1.30. The molecular formula is C12H11FN2O3. The topological polar surface area (TPSA) is 64.4 Å². The smallest absolute Gasteiger partial charge is 0.413 e. The van der Waals surface area contributed by atoms with E-state index < -0.39 is 5.97 Å². The SMILES string of the molecule is CCNOC(=O)c1ncc(-c2ccc(F)cc2)o1. The van der Waals surface area contributed by atoms with Crippen LogP contribution in [0.15, 0.2) is 34.9 Å². The van der Waals surface area contributed by atoms with Gasteiger partial charge >= 0.3 is 11.9 Å². The third kappa shape index (κ3) is 2.72. The molecule has 0 aliphatic rings. The first-order valence-corrected chi connectivity index (χ1v) is 5.36. The summed E-state index contributed by atoms with van der Waals surface area (Å²) in [7, 11) is 0. The molecule has 0 bridgehead atoms. The Balaban J connectivity index is 2.15. The molecule has 18 heavy (non-hydrogen) atoms. The first kappa shape index (κ1) is 12.3. The zero-order valence-electron chi connectivity index (χ0n) is 9.64. The molecule has 94 valence electrons. The molecule has 1 aromatic heterocycles. The van der Waals surface area contributed by atoms with Crippen molar-refractivity contribution in [1.82, 2.24) is 10.5 Å². The molecule has 0 radical (unpaired) electrons. The maximum Gasteiger partial charge on any atom is 0.413 e. The van der Waals surface area contributed by atoms with E-state index in [1.54, 1.807) is 6.92 Å². The van der Waals surface area contributed by atoms with E-state index in [0.717, 1.165) is 0 Å². The second-order valence-corrected chi connectivity index (χ2v) is 3.42. The maximum atomic E-state index is 12.7. The van der Waals surface area contributed by atoms with Crippen LogP contribution in [0.1, 0.15) is 17.6 Å². The first-order chi connectivity index (χ1) is 8.70. The lowest BCUT2D eigenvalue weighted by Gasteiger charge is -1.99. The van der Waals surface area contributed by atoms with Gasteiger partial charge in [0.25, 0.3) is 0 Å². The number of oxazole rings is 1. The minimum atomic E-state index is -0.704. The number of nitrogens with zero attached hydrogens (tertiary/aromatic N) is 1. The molecule has 0 fully saturated rings. The molecule has 0 spiro atoms. The van der Waals surface area contributed by atoms with Gasteiger partial charge < -0.3 is 9.25 Å². The molecule has 6 heteroatoms. The van der Waals surface area contributed by atoms with Gasteiger partial charge in [0.2, 0.25) is 0 Å². The summed E-state index contributed by atoms with van der Waals surface area (Å²) in [6.07, 6.45) is 1.38. The van der Waals surface area contributed by atoms with Crippen molar-refractivity contribution in [3.63, 3.8) is 0 Å². The van der Waals surface area contributed by atoms with Gasteiger partial charge in [-0.1, -0.05) is 0 Å². The summed E-state index contributed by atoms with van der Waals surface area (Å²) in [5.41, 5.74) is 3.03. The standard InChI is InChI=1S/C12H11FN2O3/c1-2-15-18-12(16)11-14-7-10(17-11)8-3-5-9(13)6-4-8/h3-7,15H,2H2,1H3. The van der Waals surface area contributed by atoms with Gasteiger partial charge in [0.05, 0.1) is 6.20 Å². The molecule has 1 N–H and O–H groups in total. The largest absolute Gasteiger partial charge is 0.431 e. The molecular weight excluding hydrogens is 239 g/mol. The predicted molar refractivity (Wildman–Crippen MR) is 61.0 cm³/mol. The van der Waals surface area contributed by atoms with Crippen molar-refractivity contribution < 1.29 is 18.4 Å². The van der Waals surface area contributed by atoms with Gasteiger partial charge in [-0.3, -0.25) is 0 Å². The number of nitrogens with one attached hydrogen (secondary N) is 1. The summed E-state index contributed by atoms with van der Waals surface area (Å²) >= 11 is 0. The quantitative estimate of drug-likeness (QED) is 0.842. The summed E-state index contributed by atoms with van der Waals surface area (Å²) in [4.78, 5) is 19.8. The minimum Gasteiger partial charge on any atom is -0.431 e. The van der Waals surface area contributed by atoms with Crippen molar-refractivity contribution in [3.8, 4) is 11.3 Å². The molecule has 1 aromatic carbocycles. The summed E-state index contributed by atoms with van der Waals surface area (Å²) < 4.78 is 18.0. The van der Waals surface area contributed by atoms with Gasteiger partial charge in [-0.2, -0.15) is 5.48 Å². The number of rotatable bonds is 4. The van der Waals surface area contributed by atoms with E-state index in [0.29, 0.717) is 17.9 Å². The van der Waals surface area contributed by atoms with Crippen LogP contribution in [0.2, 0.25) is 0 Å². The molecule has 5 nitrogen and oxygen atoms in total. The van der Waals surface area contributed by atoms with Gasteiger partial charge in [-0.15, -0.1) is 0 Å². The Kier molecular flexibility index (Phi) is 3.69. The summed E-state index contributed by atoms with van der Waals surface area (Å²) in [5.74, 6) is -0.830. The molecule has 0 aliphatic carbocycles. The lowest BCUT2D eigenvalue weighted by Crippen LogP contribution is -2.19. The average Bonchev–Trinajstić information content (AvgIpc) is 2.86. The van der Waals surface area contributed by atoms with E-state index in [9.17, 15) is 9.18 Å². The van der Waals surface area contributed by atoms with Gasteiger partial charge in [0.15, 0.2) is 5.76 Å². The number of halogens is 1. The number of hydrogen-bond donors (Lipinski definition) is 1. The Morgan fingerprint density at radius 3 is 2.83 bits per heavy atom. The van der Waals surface area contributed by atoms with Gasteiger partial charge in [0, 0.05) is 12.1 Å². The molecule has 0 atom stereocenters. The maximum absolute atomic E-state index is 12.7. The van der Waals surface area contributed by atoms with Crippen LogP contribution in [0.5, 0.6) is 0 Å². The Hall–Kier alpha value is -2.21. The number of hydrogen-bond acceptors (Lipinski definition) is 5. The molecule has 1 heterocycles. The average molecular weight is 250 g/mol. The molecule has 0 saturated carbocycles. The van der Waals surface area contributed by atoms with Crippen LogP contribution in [-0.4, -0.2) is 17.5 Å². The van der Waals surface area contributed by atoms with Crippen LogP contribution < -0.4 is 5.48 Å². The fourth-order valence-electron chi connectivity index (χ4n) is 1.30. The van der Waals surface area contributed by atoms with Crippen molar-refractivity contribution in [3.05, 3.63) is 42.2 Å². The van der Waals surface area contributed by atoms with Crippen LogP contribution in [-0.2, 0) is 4.84 Å². The highest BCUT2D eigenvalue weighted by Gasteiger charge is 2.15. The predicted octanol–water partition coefficient (Wildman–Crippen LogP) is 2.16. The lowest BCUT2D eigenvalue weighted by atomic mass is 10.2. The van der Waals surface area contributed by atoms with E-state index in [1.165, 1.54) is 30.5 Å². The van der Waals surface area contributed by atoms with Crippen LogP contribution in [0.25, 0.3) is 11.3 Å². The Morgan fingerprint density at radius 1 is 1.44 bits per heavy atom. The van der Waals surface area contributed by atoms with E-state index in [2.05, 4.69) is 15.3 Å². The van der Waals surface area contributed by atoms with E-state index in [4.69, 9.17) is 4.42 Å². The third-order valence-electron chi connectivity index (χ3n) is 2.12. The molecule has 0 amide bonds. The van der Waals surface area contributed by atoms with E-state index in [-0.39, 0.29) is 11.7 Å². The lowest BCUT2D eigenvalue weighted by molar-refractivity contribution is 0.0221. The van der Waals surface area contributed by atoms with Crippen LogP contribution in [0.3, 0.4) is 0 Å². The monoisotopic (exact) mass is 250 g/mol. The minimum absolute atomic E-state index is 0.157. The van der Waals surface area contributed by atoms with E-state index in [1.807, 2.05) is 0 Å². The molecule has 0 aliphatic heterocycles. The zero-order valence-corrected chi connectivity index (χ0v) is 9.64. The summed E-state index contributed by atoms with van der Waals surface area (Å²) in [5, 5.41) is 0. The van der Waals surface area contributed by atoms with Crippen molar-refractivity contribution in [2.75, 3.05) is 6.54 Å². The highest BCUT2D eigenvalue weighted by atomic mass is 19.1. The van der Waals surface area contributed by atoms with Crippen LogP contribution in [0.4, 0.5) is 4.39 Å². The molecule has 0 saturated heterocycles. The molecule has 2 aromatic rings. The Labute approximate surface area is 103 Å². The highest BCUT2D eigenvalue weighted by Crippen LogP contribution is 2.20. The third-order valence-corrected chi connectivity index (χ3v) is 2.12. The van der Waals surface area contributed by atoms with Gasteiger partial charge in [-0.05, 0) is 31.2 Å². The van der Waals surface area contributed by atoms with Crippen molar-refractivity contribution in [2.24, 2.45) is 0 Å². The van der Waals surface area contributed by atoms with E-state index >= 15 is 0 Å². The van der Waals surface area contributed by atoms with Crippen LogP contribution in [0, 0.1) is 5.82 Å². The number of hydroxylamine groups is 1. The first-order valence-electron chi connectivity index (χ1n) is 5.36. The number of carbonyl (C=O) groups is 1. The normalized spacial score (nSPS) is 10.3. The van der Waals surface area contributed by atoms with Crippen molar-refractivity contribution >= 4 is 5.97 Å². The summed E-state index contributed by atoms with van der Waals surface area (Å²) in [6, 6.07) is 5.67. The highest BCUT2D eigenvalue weighted by molar-refractivity contribution is 5.84. The zero-order chi connectivity index (χ0) is 13.0. The number of benzene rings is 1. The van der Waals surface area contributed by atoms with Crippen molar-refractivity contribution in [1.29, 1.82) is 0 Å². The van der Waals surface area contributed by atoms with Crippen LogP contribution >= 0.6 is 0 Å². The second kappa shape index (κ2) is 5.42. The van der Waals surface area contributed by atoms with Gasteiger partial charge in [-0.25, -0.2) is 14.2 Å². The fraction of sp³-hybridized carbons (Fsp3) is 0.167. The summed E-state index contributed by atoms with van der Waals surface area (Å²) in [6.45, 7) is 2.27. The second-order valence-electron chi connectivity index (χ2n) is 3.42. The number of carbonyl (C=O) groups excluding carboxylic acids is 1. The molecule has 2 rings (SSSR count). The number of aromatic nitrogens is 1. The Morgan fingerprint density at radius 2 is 2.17 bits per heavy atom.